The molecule has 0 bridgehead atoms. The van der Waals surface area contributed by atoms with Gasteiger partial charge in [-0.1, -0.05) is 6.07 Å². The summed E-state index contributed by atoms with van der Waals surface area (Å²) >= 11 is 0. The fourth-order valence-corrected chi connectivity index (χ4v) is 4.16. The average molecular weight is 398 g/mol. The van der Waals surface area contributed by atoms with Crippen molar-refractivity contribution >= 4 is 28.1 Å². The Hall–Kier alpha value is -2.18. The van der Waals surface area contributed by atoms with Crippen molar-refractivity contribution in [3.8, 4) is 0 Å². The lowest BCUT2D eigenvalue weighted by Crippen LogP contribution is -2.47. The molecule has 1 heterocycles. The van der Waals surface area contributed by atoms with E-state index >= 15 is 0 Å². The minimum atomic E-state index is -1.04. The Morgan fingerprint density at radius 3 is 2.43 bits per heavy atom. The fourth-order valence-electron chi connectivity index (χ4n) is 3.64. The molecule has 148 valence electrons. The van der Waals surface area contributed by atoms with Crippen molar-refractivity contribution in [2.45, 2.75) is 17.7 Å². The Morgan fingerprint density at radius 2 is 1.79 bits per heavy atom. The van der Waals surface area contributed by atoms with Gasteiger partial charge in [-0.05, 0) is 61.2 Å². The van der Waals surface area contributed by atoms with E-state index in [0.717, 1.165) is 48.4 Å². The number of nitrogens with zero attached hydrogens (tertiary/aromatic N) is 2. The first-order valence-corrected chi connectivity index (χ1v) is 11.5. The summed E-state index contributed by atoms with van der Waals surface area (Å²) in [6.45, 7) is 5.53. The molecule has 2 aliphatic rings. The largest absolute Gasteiger partial charge is 0.369 e. The predicted octanol–water partition coefficient (Wildman–Crippen LogP) is 3.21. The molecule has 4 rings (SSSR count). The summed E-state index contributed by atoms with van der Waals surface area (Å²) in [5, 5.41) is 2.98. The Morgan fingerprint density at radius 1 is 1.07 bits per heavy atom. The summed E-state index contributed by atoms with van der Waals surface area (Å²) in [4.78, 5) is 18.2. The van der Waals surface area contributed by atoms with E-state index in [1.54, 1.807) is 30.5 Å². The third kappa shape index (κ3) is 4.80. The highest BCUT2D eigenvalue weighted by molar-refractivity contribution is 7.84. The summed E-state index contributed by atoms with van der Waals surface area (Å²) in [6, 6.07) is 15.0. The van der Waals surface area contributed by atoms with Crippen molar-refractivity contribution in [3.63, 3.8) is 0 Å². The summed E-state index contributed by atoms with van der Waals surface area (Å²) in [6.07, 6.45) is 4.44. The van der Waals surface area contributed by atoms with Crippen LogP contribution in [0.3, 0.4) is 0 Å². The van der Waals surface area contributed by atoms with Gasteiger partial charge in [-0.3, -0.25) is 13.9 Å². The van der Waals surface area contributed by atoms with E-state index in [1.807, 2.05) is 18.2 Å². The van der Waals surface area contributed by atoms with Crippen LogP contribution in [0.2, 0.25) is 0 Å². The lowest BCUT2D eigenvalue weighted by atomic mass is 10.2. The van der Waals surface area contributed by atoms with Gasteiger partial charge >= 0.3 is 0 Å². The summed E-state index contributed by atoms with van der Waals surface area (Å²) in [5.41, 5.74) is 2.51. The molecule has 6 heteroatoms. The zero-order chi connectivity index (χ0) is 19.5. The molecular formula is C22H27N3O2S. The van der Waals surface area contributed by atoms with Gasteiger partial charge < -0.3 is 10.2 Å². The summed E-state index contributed by atoms with van der Waals surface area (Å²) < 4.78 is 11.5. The molecule has 0 radical (unpaired) electrons. The zero-order valence-corrected chi connectivity index (χ0v) is 17.1. The van der Waals surface area contributed by atoms with E-state index < -0.39 is 10.8 Å². The third-order valence-corrected chi connectivity index (χ3v) is 6.44. The standard InChI is InChI=1S/C22H27N3O2S/c1-28(27)21-9-7-18(8-10-21)22(26)23-19-3-2-4-20(15-19)25-13-11-24(12-14-25)16-17-5-6-17/h2-4,7-10,15,17H,5-6,11-14,16H2,1H3,(H,23,26). The molecule has 0 aromatic heterocycles. The molecule has 1 amide bonds. The van der Waals surface area contributed by atoms with Gasteiger partial charge in [0.15, 0.2) is 0 Å². The first kappa shape index (κ1) is 19.2. The van der Waals surface area contributed by atoms with Crippen LogP contribution in [0.5, 0.6) is 0 Å². The molecule has 2 aromatic carbocycles. The number of rotatable bonds is 6. The summed E-state index contributed by atoms with van der Waals surface area (Å²) in [5.74, 6) is 0.788. The average Bonchev–Trinajstić information content (AvgIpc) is 3.53. The van der Waals surface area contributed by atoms with E-state index in [0.29, 0.717) is 5.56 Å². The van der Waals surface area contributed by atoms with Gasteiger partial charge in [0.05, 0.1) is 0 Å². The Labute approximate surface area is 169 Å². The van der Waals surface area contributed by atoms with Gasteiger partial charge in [0.25, 0.3) is 5.91 Å². The van der Waals surface area contributed by atoms with Crippen LogP contribution in [-0.4, -0.2) is 54.0 Å². The lowest BCUT2D eigenvalue weighted by Gasteiger charge is -2.36. The van der Waals surface area contributed by atoms with Crippen molar-refractivity contribution in [3.05, 3.63) is 54.1 Å². The maximum Gasteiger partial charge on any atom is 0.255 e. The van der Waals surface area contributed by atoms with Crippen molar-refractivity contribution in [2.24, 2.45) is 5.92 Å². The topological polar surface area (TPSA) is 52.7 Å². The number of hydrogen-bond acceptors (Lipinski definition) is 4. The second kappa shape index (κ2) is 8.45. The molecule has 2 aromatic rings. The smallest absolute Gasteiger partial charge is 0.255 e. The van der Waals surface area contributed by atoms with Crippen LogP contribution in [-0.2, 0) is 10.8 Å². The van der Waals surface area contributed by atoms with Crippen LogP contribution in [0.4, 0.5) is 11.4 Å². The normalized spacial score (nSPS) is 18.7. The first-order chi connectivity index (χ1) is 13.6. The Kier molecular flexibility index (Phi) is 5.78. The molecule has 28 heavy (non-hydrogen) atoms. The number of piperazine rings is 1. The van der Waals surface area contributed by atoms with Crippen molar-refractivity contribution in [1.29, 1.82) is 0 Å². The third-order valence-electron chi connectivity index (χ3n) is 5.50. The SMILES string of the molecule is CS(=O)c1ccc(C(=O)Nc2cccc(N3CCN(CC4CC4)CC3)c2)cc1. The van der Waals surface area contributed by atoms with E-state index in [-0.39, 0.29) is 5.91 Å². The Bertz CT molecular complexity index is 856. The zero-order valence-electron chi connectivity index (χ0n) is 16.3. The first-order valence-electron chi connectivity index (χ1n) is 9.91. The number of carbonyl (C=O) groups excluding carboxylic acids is 1. The molecular weight excluding hydrogens is 370 g/mol. The van der Waals surface area contributed by atoms with E-state index in [2.05, 4.69) is 21.2 Å². The van der Waals surface area contributed by atoms with Gasteiger partial charge in [-0.25, -0.2) is 0 Å². The van der Waals surface area contributed by atoms with Gasteiger partial charge in [-0.2, -0.15) is 0 Å². The molecule has 1 aliphatic heterocycles. The van der Waals surface area contributed by atoms with Crippen LogP contribution in [0.1, 0.15) is 23.2 Å². The van der Waals surface area contributed by atoms with E-state index in [4.69, 9.17) is 0 Å². The van der Waals surface area contributed by atoms with Crippen LogP contribution in [0, 0.1) is 5.92 Å². The number of anilines is 2. The Balaban J connectivity index is 1.36. The monoisotopic (exact) mass is 397 g/mol. The molecule has 1 aliphatic carbocycles. The number of nitrogens with one attached hydrogen (secondary N) is 1. The minimum absolute atomic E-state index is 0.153. The molecule has 1 saturated heterocycles. The maximum atomic E-state index is 12.5. The predicted molar refractivity (Wildman–Crippen MR) is 115 cm³/mol. The van der Waals surface area contributed by atoms with E-state index in [1.165, 1.54) is 19.4 Å². The fraction of sp³-hybridized carbons (Fsp3) is 0.409. The second-order valence-corrected chi connectivity index (χ2v) is 9.09. The van der Waals surface area contributed by atoms with Crippen LogP contribution in [0.25, 0.3) is 0 Å². The van der Waals surface area contributed by atoms with Gasteiger partial charge in [-0.15, -0.1) is 0 Å². The van der Waals surface area contributed by atoms with Crippen LogP contribution in [0.15, 0.2) is 53.4 Å². The van der Waals surface area contributed by atoms with Crippen LogP contribution >= 0.6 is 0 Å². The molecule has 0 spiro atoms. The van der Waals surface area contributed by atoms with Gasteiger partial charge in [0.1, 0.15) is 0 Å². The molecule has 1 N–H and O–H groups in total. The molecule has 2 fully saturated rings. The van der Waals surface area contributed by atoms with Gasteiger partial charge in [0, 0.05) is 71.6 Å². The summed E-state index contributed by atoms with van der Waals surface area (Å²) in [7, 11) is -1.04. The highest BCUT2D eigenvalue weighted by Gasteiger charge is 2.26. The molecule has 5 nitrogen and oxygen atoms in total. The highest BCUT2D eigenvalue weighted by atomic mass is 32.2. The minimum Gasteiger partial charge on any atom is -0.369 e. The second-order valence-electron chi connectivity index (χ2n) is 7.71. The van der Waals surface area contributed by atoms with Crippen molar-refractivity contribution < 1.29 is 9.00 Å². The van der Waals surface area contributed by atoms with Crippen LogP contribution < -0.4 is 10.2 Å². The quantitative estimate of drug-likeness (QED) is 0.813. The number of hydrogen-bond donors (Lipinski definition) is 1. The van der Waals surface area contributed by atoms with Crippen molar-refractivity contribution in [2.75, 3.05) is 49.2 Å². The van der Waals surface area contributed by atoms with E-state index in [9.17, 15) is 9.00 Å². The van der Waals surface area contributed by atoms with Gasteiger partial charge in [0.2, 0.25) is 0 Å². The highest BCUT2D eigenvalue weighted by Crippen LogP contribution is 2.30. The number of benzene rings is 2. The molecule has 1 atom stereocenters. The number of carbonyl (C=O) groups is 1. The lowest BCUT2D eigenvalue weighted by molar-refractivity contribution is 0.102. The van der Waals surface area contributed by atoms with Crippen molar-refractivity contribution in [1.82, 2.24) is 4.90 Å². The number of amides is 1. The molecule has 1 unspecified atom stereocenters. The maximum absolute atomic E-state index is 12.5. The molecule has 1 saturated carbocycles.